The fraction of sp³-hybridized carbons (Fsp3) is 0.520. The fourth-order valence-corrected chi connectivity index (χ4v) is 3.75. The molecule has 0 aliphatic heterocycles. The van der Waals surface area contributed by atoms with Crippen molar-refractivity contribution in [1.82, 2.24) is 24.4 Å². The number of aromatic nitrogens is 4. The van der Waals surface area contributed by atoms with Crippen LogP contribution in [0, 0.1) is 0 Å². The zero-order chi connectivity index (χ0) is 25.9. The summed E-state index contributed by atoms with van der Waals surface area (Å²) in [6.07, 6.45) is 3.50. The number of aliphatic hydroxyl groups excluding tert-OH is 1. The molecule has 3 rings (SSSR count). The van der Waals surface area contributed by atoms with E-state index in [1.54, 1.807) is 23.6 Å². The van der Waals surface area contributed by atoms with E-state index in [-0.39, 0.29) is 30.1 Å². The topological polar surface area (TPSA) is 149 Å². The number of carbonyl (C=O) groups excluding carboxylic acids is 1. The van der Waals surface area contributed by atoms with E-state index in [4.69, 9.17) is 15.2 Å². The zero-order valence-corrected chi connectivity index (χ0v) is 21.0. The predicted octanol–water partition coefficient (Wildman–Crippen LogP) is 2.47. The normalized spacial score (nSPS) is 11.3. The Morgan fingerprint density at radius 2 is 1.89 bits per heavy atom. The van der Waals surface area contributed by atoms with Crippen molar-refractivity contribution in [3.63, 3.8) is 0 Å². The molecule has 36 heavy (non-hydrogen) atoms. The first-order valence-electron chi connectivity index (χ1n) is 12.5. The SMILES string of the molecule is CCCCOc1nc(N)c2[nH]c(=O)n(CCCN(CCCO)Cc3ccc(OC(=O)CC)cc3)c2n1. The molecule has 2 aromatic heterocycles. The molecule has 0 spiro atoms. The molecule has 0 amide bonds. The number of rotatable bonds is 15. The van der Waals surface area contributed by atoms with E-state index < -0.39 is 0 Å². The van der Waals surface area contributed by atoms with Crippen molar-refractivity contribution < 1.29 is 19.4 Å². The van der Waals surface area contributed by atoms with Gasteiger partial charge in [0.25, 0.3) is 0 Å². The van der Waals surface area contributed by atoms with Crippen LogP contribution in [0.15, 0.2) is 29.1 Å². The maximum Gasteiger partial charge on any atom is 0.327 e. The van der Waals surface area contributed by atoms with Crippen LogP contribution in [0.5, 0.6) is 11.8 Å². The summed E-state index contributed by atoms with van der Waals surface area (Å²) in [6, 6.07) is 7.58. The van der Waals surface area contributed by atoms with Gasteiger partial charge in [-0.2, -0.15) is 9.97 Å². The molecule has 0 fully saturated rings. The number of H-pyrrole nitrogens is 1. The Morgan fingerprint density at radius 1 is 1.14 bits per heavy atom. The first-order chi connectivity index (χ1) is 17.4. The Bertz CT molecular complexity index is 1170. The van der Waals surface area contributed by atoms with Gasteiger partial charge in [0.1, 0.15) is 11.3 Å². The minimum absolute atomic E-state index is 0.0985. The van der Waals surface area contributed by atoms with Crippen molar-refractivity contribution in [3.05, 3.63) is 40.3 Å². The second kappa shape index (κ2) is 13.6. The summed E-state index contributed by atoms with van der Waals surface area (Å²) in [7, 11) is 0. The van der Waals surface area contributed by atoms with Crippen LogP contribution in [0.1, 0.15) is 51.5 Å². The summed E-state index contributed by atoms with van der Waals surface area (Å²) in [4.78, 5) is 37.6. The van der Waals surface area contributed by atoms with Crippen LogP contribution in [0.3, 0.4) is 0 Å². The van der Waals surface area contributed by atoms with E-state index in [2.05, 4.69) is 26.8 Å². The fourth-order valence-electron chi connectivity index (χ4n) is 3.75. The molecule has 0 atom stereocenters. The minimum atomic E-state index is -0.296. The number of hydrogen-bond acceptors (Lipinski definition) is 9. The minimum Gasteiger partial charge on any atom is -0.463 e. The molecule has 2 heterocycles. The highest BCUT2D eigenvalue weighted by atomic mass is 16.5. The molecular weight excluding hydrogens is 464 g/mol. The van der Waals surface area contributed by atoms with Gasteiger partial charge in [-0.05, 0) is 37.0 Å². The maximum atomic E-state index is 12.6. The molecule has 0 radical (unpaired) electrons. The first kappa shape index (κ1) is 27.2. The van der Waals surface area contributed by atoms with Crippen LogP contribution in [0.2, 0.25) is 0 Å². The molecular formula is C25H36N6O5. The summed E-state index contributed by atoms with van der Waals surface area (Å²) >= 11 is 0. The van der Waals surface area contributed by atoms with E-state index in [1.807, 2.05) is 12.1 Å². The molecule has 11 heteroatoms. The average molecular weight is 501 g/mol. The smallest absolute Gasteiger partial charge is 0.327 e. The van der Waals surface area contributed by atoms with Crippen LogP contribution >= 0.6 is 0 Å². The molecule has 0 unspecified atom stereocenters. The highest BCUT2D eigenvalue weighted by Crippen LogP contribution is 2.19. The second-order valence-electron chi connectivity index (χ2n) is 8.55. The van der Waals surface area contributed by atoms with Crippen molar-refractivity contribution in [2.24, 2.45) is 0 Å². The molecule has 11 nitrogen and oxygen atoms in total. The van der Waals surface area contributed by atoms with Crippen molar-refractivity contribution >= 4 is 23.0 Å². The number of hydrogen-bond donors (Lipinski definition) is 3. The Labute approximate surface area is 210 Å². The molecule has 0 saturated heterocycles. The van der Waals surface area contributed by atoms with E-state index >= 15 is 0 Å². The third kappa shape index (κ3) is 7.53. The van der Waals surface area contributed by atoms with Gasteiger partial charge in [-0.15, -0.1) is 0 Å². The van der Waals surface area contributed by atoms with Gasteiger partial charge in [0.2, 0.25) is 0 Å². The summed E-state index contributed by atoms with van der Waals surface area (Å²) in [5, 5.41) is 9.32. The van der Waals surface area contributed by atoms with Gasteiger partial charge >= 0.3 is 17.7 Å². The van der Waals surface area contributed by atoms with E-state index in [0.29, 0.717) is 69.0 Å². The molecule has 196 valence electrons. The van der Waals surface area contributed by atoms with Gasteiger partial charge in [-0.25, -0.2) is 4.79 Å². The van der Waals surface area contributed by atoms with E-state index in [0.717, 1.165) is 18.4 Å². The van der Waals surface area contributed by atoms with Gasteiger partial charge in [0.05, 0.1) is 6.61 Å². The lowest BCUT2D eigenvalue weighted by Crippen LogP contribution is -2.28. The highest BCUT2D eigenvalue weighted by Gasteiger charge is 2.15. The summed E-state index contributed by atoms with van der Waals surface area (Å²) in [5.74, 6) is 0.428. The first-order valence-corrected chi connectivity index (χ1v) is 12.5. The molecule has 0 bridgehead atoms. The number of fused-ring (bicyclic) bond motifs is 1. The number of carbonyl (C=O) groups is 1. The Kier molecular flexibility index (Phi) is 10.3. The number of nitrogens with two attached hydrogens (primary N) is 1. The highest BCUT2D eigenvalue weighted by molar-refractivity contribution is 5.81. The third-order valence-corrected chi connectivity index (χ3v) is 5.70. The monoisotopic (exact) mass is 500 g/mol. The van der Waals surface area contributed by atoms with Crippen molar-refractivity contribution in [1.29, 1.82) is 0 Å². The summed E-state index contributed by atoms with van der Waals surface area (Å²) < 4.78 is 12.4. The van der Waals surface area contributed by atoms with Crippen LogP contribution < -0.4 is 20.9 Å². The number of nitrogens with zero attached hydrogens (tertiary/aromatic N) is 4. The maximum absolute atomic E-state index is 12.6. The van der Waals surface area contributed by atoms with Crippen molar-refractivity contribution in [2.75, 3.05) is 32.0 Å². The Hall–Kier alpha value is -3.44. The number of nitrogens with one attached hydrogen (secondary N) is 1. The average Bonchev–Trinajstić information content (AvgIpc) is 3.19. The zero-order valence-electron chi connectivity index (χ0n) is 21.0. The van der Waals surface area contributed by atoms with E-state index in [1.165, 1.54) is 0 Å². The van der Waals surface area contributed by atoms with Gasteiger partial charge < -0.3 is 25.3 Å². The number of anilines is 1. The lowest BCUT2D eigenvalue weighted by molar-refractivity contribution is -0.134. The summed E-state index contributed by atoms with van der Waals surface area (Å²) in [6.45, 7) is 6.90. The molecule has 0 aliphatic carbocycles. The number of aryl methyl sites for hydroxylation is 1. The number of imidazole rings is 1. The number of unbranched alkanes of at least 4 members (excludes halogenated alkanes) is 1. The van der Waals surface area contributed by atoms with Crippen LogP contribution in [0.4, 0.5) is 5.82 Å². The third-order valence-electron chi connectivity index (χ3n) is 5.70. The number of aliphatic hydroxyl groups is 1. The lowest BCUT2D eigenvalue weighted by Gasteiger charge is -2.22. The number of ether oxygens (including phenoxy) is 2. The summed E-state index contributed by atoms with van der Waals surface area (Å²) in [5.41, 5.74) is 7.63. The van der Waals surface area contributed by atoms with Gasteiger partial charge in [-0.3, -0.25) is 14.3 Å². The molecule has 3 aromatic rings. The molecule has 1 aromatic carbocycles. The Balaban J connectivity index is 1.65. The van der Waals surface area contributed by atoms with Gasteiger partial charge in [0, 0.05) is 39.2 Å². The van der Waals surface area contributed by atoms with Crippen LogP contribution in [0.25, 0.3) is 11.2 Å². The predicted molar refractivity (Wildman–Crippen MR) is 137 cm³/mol. The van der Waals surface area contributed by atoms with Gasteiger partial charge in [-0.1, -0.05) is 32.4 Å². The second-order valence-corrected chi connectivity index (χ2v) is 8.55. The molecule has 0 saturated carbocycles. The molecule has 4 N–H and O–H groups in total. The van der Waals surface area contributed by atoms with Crippen LogP contribution in [-0.4, -0.2) is 61.8 Å². The standard InChI is InChI=1S/C25H36N6O5/c1-3-5-16-35-24-28-22(26)21-23(29-24)31(25(34)27-21)14-6-12-30(13-7-15-32)17-18-8-10-19(11-9-18)36-20(33)4-2/h8-11,32H,3-7,12-17H2,1-2H3,(H,27,34)(H2,26,28,29). The quantitative estimate of drug-likeness (QED) is 0.162. The number of benzene rings is 1. The number of esters is 1. The number of aromatic amines is 1. The van der Waals surface area contributed by atoms with Crippen molar-refractivity contribution in [2.45, 2.75) is 59.0 Å². The Morgan fingerprint density at radius 3 is 2.58 bits per heavy atom. The van der Waals surface area contributed by atoms with Crippen LogP contribution in [-0.2, 0) is 17.9 Å². The van der Waals surface area contributed by atoms with Crippen molar-refractivity contribution in [3.8, 4) is 11.8 Å². The van der Waals surface area contributed by atoms with E-state index in [9.17, 15) is 14.7 Å². The number of nitrogen functional groups attached to an aromatic ring is 1. The molecule has 0 aliphatic rings. The van der Waals surface area contributed by atoms with Gasteiger partial charge in [0.15, 0.2) is 11.5 Å². The lowest BCUT2D eigenvalue weighted by atomic mass is 10.2. The largest absolute Gasteiger partial charge is 0.463 e.